The maximum Gasteiger partial charge on any atom is 0.745 e. The van der Waals surface area contributed by atoms with Gasteiger partial charge in [-0.25, -0.2) is 4.79 Å². The third kappa shape index (κ3) is 6.68. The lowest BCUT2D eigenvalue weighted by atomic mass is 10.5. The molecule has 0 rings (SSSR count). The van der Waals surface area contributed by atoms with Gasteiger partial charge in [0.1, 0.15) is 0 Å². The van der Waals surface area contributed by atoms with Crippen molar-refractivity contribution in [3.05, 3.63) is 12.7 Å². The summed E-state index contributed by atoms with van der Waals surface area (Å²) in [4.78, 5) is 44.6. The maximum absolute atomic E-state index is 11.4. The van der Waals surface area contributed by atoms with Crippen LogP contribution in [0.1, 0.15) is 27.2 Å². The van der Waals surface area contributed by atoms with Crippen LogP contribution in [-0.4, -0.2) is 38.9 Å². The van der Waals surface area contributed by atoms with Gasteiger partial charge in [-0.3, -0.25) is 14.4 Å². The quantitative estimate of drug-likeness (QED) is 0.375. The molecular weight excluding hydrogens is 288 g/mol. The van der Waals surface area contributed by atoms with Crippen molar-refractivity contribution in [1.29, 1.82) is 0 Å². The highest BCUT2D eigenvalue weighted by molar-refractivity contribution is 6.65. The predicted molar refractivity (Wildman–Crippen MR) is 66.8 cm³/mol. The zero-order valence-corrected chi connectivity index (χ0v) is 12.5. The third-order valence-electron chi connectivity index (χ3n) is 1.71. The van der Waals surface area contributed by atoms with Crippen LogP contribution in [0.15, 0.2) is 12.7 Å². The van der Waals surface area contributed by atoms with Gasteiger partial charge < -0.3 is 18.0 Å². The van der Waals surface area contributed by atoms with Crippen molar-refractivity contribution in [2.45, 2.75) is 27.2 Å². The first-order chi connectivity index (χ1) is 9.24. The molecule has 0 saturated carbocycles. The molecule has 0 saturated heterocycles. The van der Waals surface area contributed by atoms with Crippen molar-refractivity contribution in [3.8, 4) is 0 Å². The molecule has 8 nitrogen and oxygen atoms in total. The summed E-state index contributed by atoms with van der Waals surface area (Å²) >= 11 is 0. The van der Waals surface area contributed by atoms with Gasteiger partial charge in [-0.05, 0) is 0 Å². The van der Waals surface area contributed by atoms with Crippen LogP contribution in [0.5, 0.6) is 0 Å². The SMILES string of the molecule is C=CC(=O)OC[Si](OC(C)=O)(OC(C)=O)OC(=O)CC. The molecule has 112 valence electrons. The van der Waals surface area contributed by atoms with E-state index in [1.165, 1.54) is 6.92 Å². The third-order valence-corrected chi connectivity index (χ3v) is 3.95. The van der Waals surface area contributed by atoms with E-state index in [9.17, 15) is 19.2 Å². The molecule has 0 aromatic rings. The summed E-state index contributed by atoms with van der Waals surface area (Å²) in [5.41, 5.74) is 0. The largest absolute Gasteiger partial charge is 0.745 e. The number of hydrogen-bond donors (Lipinski definition) is 0. The lowest BCUT2D eigenvalue weighted by molar-refractivity contribution is -0.153. The van der Waals surface area contributed by atoms with Crippen molar-refractivity contribution in [2.24, 2.45) is 0 Å². The van der Waals surface area contributed by atoms with Crippen LogP contribution in [0.2, 0.25) is 0 Å². The summed E-state index contributed by atoms with van der Waals surface area (Å²) in [5, 5.41) is 0. The Labute approximate surface area is 117 Å². The van der Waals surface area contributed by atoms with E-state index in [4.69, 9.17) is 13.3 Å². The first-order valence-corrected chi connectivity index (χ1v) is 7.58. The highest BCUT2D eigenvalue weighted by Gasteiger charge is 2.54. The molecule has 0 aliphatic heterocycles. The normalized spacial score (nSPS) is 10.2. The van der Waals surface area contributed by atoms with Gasteiger partial charge >= 0.3 is 14.8 Å². The van der Waals surface area contributed by atoms with Crippen LogP contribution in [0, 0.1) is 0 Å². The number of carbonyl (C=O) groups excluding carboxylic acids is 4. The van der Waals surface area contributed by atoms with Gasteiger partial charge in [-0.2, -0.15) is 0 Å². The second-order valence-electron chi connectivity index (χ2n) is 3.51. The summed E-state index contributed by atoms with van der Waals surface area (Å²) in [5.74, 6) is -3.27. The summed E-state index contributed by atoms with van der Waals surface area (Å²) in [7, 11) is -4.12. The van der Waals surface area contributed by atoms with Gasteiger partial charge in [0.2, 0.25) is 0 Å². The molecule has 9 heteroatoms. The van der Waals surface area contributed by atoms with Gasteiger partial charge in [0.15, 0.2) is 6.23 Å². The molecule has 0 amide bonds. The molecule has 0 fully saturated rings. The minimum Gasteiger partial charge on any atom is -0.454 e. The Hall–Kier alpha value is -2.16. The second-order valence-corrected chi connectivity index (χ2v) is 5.78. The molecule has 0 atom stereocenters. The molecule has 0 aromatic carbocycles. The summed E-state index contributed by atoms with van der Waals surface area (Å²) in [6.45, 7) is 6.76. The Morgan fingerprint density at radius 1 is 1.05 bits per heavy atom. The van der Waals surface area contributed by atoms with Gasteiger partial charge in [0.05, 0.1) is 0 Å². The van der Waals surface area contributed by atoms with Crippen molar-refractivity contribution >= 4 is 32.7 Å². The Kier molecular flexibility index (Phi) is 7.22. The summed E-state index contributed by atoms with van der Waals surface area (Å²) in [6, 6.07) is 0. The standard InChI is InChI=1S/C11H16O8Si/c1-5-10(14)16-7-20(17-8(3)12,18-9(4)13)19-11(15)6-2/h5H,1,6-7H2,2-4H3. The fourth-order valence-corrected chi connectivity index (χ4v) is 3.04. The number of ether oxygens (including phenoxy) is 1. The summed E-state index contributed by atoms with van der Waals surface area (Å²) < 4.78 is 19.2. The van der Waals surface area contributed by atoms with E-state index in [0.29, 0.717) is 0 Å². The minimum atomic E-state index is -4.12. The van der Waals surface area contributed by atoms with E-state index in [0.717, 1.165) is 19.9 Å². The maximum atomic E-state index is 11.4. The zero-order valence-electron chi connectivity index (χ0n) is 11.5. The summed E-state index contributed by atoms with van der Waals surface area (Å²) in [6.07, 6.45) is 0.164. The monoisotopic (exact) mass is 304 g/mol. The van der Waals surface area contributed by atoms with Crippen LogP contribution in [0.3, 0.4) is 0 Å². The average Bonchev–Trinajstić information content (AvgIpc) is 2.34. The molecule has 0 aromatic heterocycles. The predicted octanol–water partition coefficient (Wildman–Crippen LogP) is 0.273. The van der Waals surface area contributed by atoms with Crippen molar-refractivity contribution < 1.29 is 37.2 Å². The average molecular weight is 304 g/mol. The first kappa shape index (κ1) is 17.8. The molecule has 0 heterocycles. The van der Waals surface area contributed by atoms with Crippen LogP contribution in [-0.2, 0) is 37.2 Å². The van der Waals surface area contributed by atoms with Gasteiger partial charge in [-0.1, -0.05) is 13.5 Å². The first-order valence-electron chi connectivity index (χ1n) is 5.65. The van der Waals surface area contributed by atoms with E-state index in [2.05, 4.69) is 11.3 Å². The van der Waals surface area contributed by atoms with E-state index in [-0.39, 0.29) is 6.42 Å². The lowest BCUT2D eigenvalue weighted by Gasteiger charge is -2.25. The number of esters is 1. The molecule has 0 N–H and O–H groups in total. The smallest absolute Gasteiger partial charge is 0.454 e. The van der Waals surface area contributed by atoms with E-state index < -0.39 is 38.9 Å². The van der Waals surface area contributed by atoms with E-state index in [1.807, 2.05) is 0 Å². The molecule has 0 unspecified atom stereocenters. The van der Waals surface area contributed by atoms with E-state index >= 15 is 0 Å². The fraction of sp³-hybridized carbons (Fsp3) is 0.455. The molecule has 0 aliphatic rings. The Balaban J connectivity index is 5.21. The van der Waals surface area contributed by atoms with Crippen molar-refractivity contribution in [2.75, 3.05) is 6.23 Å². The van der Waals surface area contributed by atoms with Gasteiger partial charge in [-0.15, -0.1) is 0 Å². The molecule has 0 spiro atoms. The van der Waals surface area contributed by atoms with Crippen molar-refractivity contribution in [1.82, 2.24) is 0 Å². The zero-order chi connectivity index (χ0) is 15.8. The van der Waals surface area contributed by atoms with Crippen molar-refractivity contribution in [3.63, 3.8) is 0 Å². The van der Waals surface area contributed by atoms with Crippen LogP contribution in [0.4, 0.5) is 0 Å². The fourth-order valence-electron chi connectivity index (χ4n) is 1.05. The van der Waals surface area contributed by atoms with Gasteiger partial charge in [0, 0.05) is 26.3 Å². The Morgan fingerprint density at radius 3 is 1.90 bits per heavy atom. The molecule has 20 heavy (non-hydrogen) atoms. The highest BCUT2D eigenvalue weighted by Crippen LogP contribution is 2.13. The van der Waals surface area contributed by atoms with Crippen LogP contribution < -0.4 is 0 Å². The minimum absolute atomic E-state index is 0.0350. The molecule has 0 aliphatic carbocycles. The Morgan fingerprint density at radius 2 is 1.55 bits per heavy atom. The van der Waals surface area contributed by atoms with Crippen LogP contribution in [0.25, 0.3) is 0 Å². The molecule has 0 bridgehead atoms. The van der Waals surface area contributed by atoms with E-state index in [1.54, 1.807) is 0 Å². The number of carbonyl (C=O) groups is 4. The lowest BCUT2D eigenvalue weighted by Crippen LogP contribution is -2.54. The van der Waals surface area contributed by atoms with Crippen LogP contribution >= 0.6 is 0 Å². The topological polar surface area (TPSA) is 105 Å². The second kappa shape index (κ2) is 8.10. The molecule has 0 radical (unpaired) electrons. The number of rotatable bonds is 7. The number of hydrogen-bond acceptors (Lipinski definition) is 8. The van der Waals surface area contributed by atoms with Gasteiger partial charge in [0.25, 0.3) is 17.9 Å². The molecular formula is C11H16O8Si. The Bertz CT molecular complexity index is 401. The highest BCUT2D eigenvalue weighted by atomic mass is 28.4.